The topological polar surface area (TPSA) is 30.5 Å². The van der Waals surface area contributed by atoms with Gasteiger partial charge in [0.25, 0.3) is 0 Å². The van der Waals surface area contributed by atoms with Gasteiger partial charge in [0.1, 0.15) is 6.61 Å². The highest BCUT2D eigenvalue weighted by Gasteiger charge is 2.14. The predicted octanol–water partition coefficient (Wildman–Crippen LogP) is 6.82. The number of benzene rings is 3. The molecule has 0 aliphatic heterocycles. The summed E-state index contributed by atoms with van der Waals surface area (Å²) < 4.78 is 11.8. The second-order valence-electron chi connectivity index (χ2n) is 6.77. The van der Waals surface area contributed by atoms with Crippen LogP contribution in [0.4, 0.5) is 0 Å². The molecule has 0 spiro atoms. The van der Waals surface area contributed by atoms with Crippen molar-refractivity contribution in [2.75, 3.05) is 6.61 Å². The van der Waals surface area contributed by atoms with Crippen molar-refractivity contribution in [3.63, 3.8) is 0 Å². The van der Waals surface area contributed by atoms with Crippen LogP contribution in [-0.4, -0.2) is 6.61 Å². The molecule has 1 atom stereocenters. The summed E-state index contributed by atoms with van der Waals surface area (Å²) in [5.74, 6) is 1.21. The summed E-state index contributed by atoms with van der Waals surface area (Å²) in [4.78, 5) is 0. The minimum absolute atomic E-state index is 0.228. The van der Waals surface area contributed by atoms with Crippen molar-refractivity contribution < 1.29 is 9.47 Å². The van der Waals surface area contributed by atoms with Crippen LogP contribution in [-0.2, 0) is 13.2 Å². The van der Waals surface area contributed by atoms with Crippen molar-refractivity contribution in [1.29, 1.82) is 0 Å². The number of ether oxygens (including phenoxy) is 2. The van der Waals surface area contributed by atoms with Gasteiger partial charge in [0, 0.05) is 17.6 Å². The van der Waals surface area contributed by atoms with Gasteiger partial charge in [0.05, 0.1) is 11.6 Å². The van der Waals surface area contributed by atoms with E-state index in [1.165, 1.54) is 5.56 Å². The fourth-order valence-electron chi connectivity index (χ4n) is 2.99. The van der Waals surface area contributed by atoms with Crippen LogP contribution < -0.4 is 14.8 Å². The number of rotatable bonds is 9. The van der Waals surface area contributed by atoms with Gasteiger partial charge < -0.3 is 14.8 Å². The minimum Gasteiger partial charge on any atom is -0.490 e. The van der Waals surface area contributed by atoms with Crippen LogP contribution >= 0.6 is 23.2 Å². The maximum atomic E-state index is 6.54. The second-order valence-corrected chi connectivity index (χ2v) is 7.61. The Hall–Kier alpha value is -2.20. The van der Waals surface area contributed by atoms with E-state index in [9.17, 15) is 0 Å². The number of hydrogen-bond donors (Lipinski definition) is 1. The summed E-state index contributed by atoms with van der Waals surface area (Å²) in [6.07, 6.45) is 0. The van der Waals surface area contributed by atoms with Crippen molar-refractivity contribution in [1.82, 2.24) is 5.32 Å². The Bertz CT molecular complexity index is 914. The summed E-state index contributed by atoms with van der Waals surface area (Å²) >= 11 is 12.5. The Balaban J connectivity index is 1.70. The monoisotopic (exact) mass is 429 g/mol. The molecule has 1 N–H and O–H groups in total. The molecule has 5 heteroatoms. The lowest BCUT2D eigenvalue weighted by atomic mass is 10.1. The highest BCUT2D eigenvalue weighted by atomic mass is 35.5. The van der Waals surface area contributed by atoms with E-state index in [-0.39, 0.29) is 6.04 Å². The Morgan fingerprint density at radius 2 is 1.62 bits per heavy atom. The summed E-state index contributed by atoms with van der Waals surface area (Å²) in [6, 6.07) is 22.0. The average molecular weight is 430 g/mol. The Morgan fingerprint density at radius 3 is 2.31 bits per heavy atom. The third-order valence-electron chi connectivity index (χ3n) is 4.58. The molecular weight excluding hydrogens is 405 g/mol. The van der Waals surface area contributed by atoms with Gasteiger partial charge in [-0.2, -0.15) is 0 Å². The van der Waals surface area contributed by atoms with Crippen LogP contribution in [0, 0.1) is 0 Å². The van der Waals surface area contributed by atoms with Gasteiger partial charge in [-0.05, 0) is 54.8 Å². The molecule has 0 fully saturated rings. The van der Waals surface area contributed by atoms with Gasteiger partial charge >= 0.3 is 0 Å². The van der Waals surface area contributed by atoms with Crippen LogP contribution in [0.3, 0.4) is 0 Å². The van der Waals surface area contributed by atoms with Crippen molar-refractivity contribution in [3.8, 4) is 11.5 Å². The third kappa shape index (κ3) is 6.14. The fraction of sp³-hybridized carbons (Fsp3) is 0.250. The van der Waals surface area contributed by atoms with Gasteiger partial charge in [-0.15, -0.1) is 0 Å². The number of hydrogen-bond acceptors (Lipinski definition) is 3. The molecule has 0 aliphatic rings. The molecule has 3 nitrogen and oxygen atoms in total. The van der Waals surface area contributed by atoms with Crippen LogP contribution in [0.1, 0.15) is 36.6 Å². The van der Waals surface area contributed by atoms with E-state index in [1.54, 1.807) is 0 Å². The molecule has 0 radical (unpaired) electrons. The molecule has 3 aromatic rings. The quantitative estimate of drug-likeness (QED) is 0.404. The van der Waals surface area contributed by atoms with Crippen LogP contribution in [0.2, 0.25) is 10.0 Å². The lowest BCUT2D eigenvalue weighted by Gasteiger charge is -2.18. The van der Waals surface area contributed by atoms with Crippen molar-refractivity contribution in [2.45, 2.75) is 33.0 Å². The molecule has 0 amide bonds. The number of nitrogens with one attached hydrogen (secondary N) is 1. The summed E-state index contributed by atoms with van der Waals surface area (Å²) in [6.45, 7) is 5.68. The minimum atomic E-state index is 0.228. The van der Waals surface area contributed by atoms with Gasteiger partial charge in [-0.25, -0.2) is 0 Å². The third-order valence-corrected chi connectivity index (χ3v) is 5.11. The van der Waals surface area contributed by atoms with Gasteiger partial charge in [0.15, 0.2) is 11.5 Å². The molecule has 0 aromatic heterocycles. The van der Waals surface area contributed by atoms with Crippen LogP contribution in [0.5, 0.6) is 11.5 Å². The highest BCUT2D eigenvalue weighted by molar-refractivity contribution is 6.32. The van der Waals surface area contributed by atoms with Crippen molar-refractivity contribution in [2.24, 2.45) is 0 Å². The average Bonchev–Trinajstić information content (AvgIpc) is 2.73. The van der Waals surface area contributed by atoms with Gasteiger partial charge in [-0.1, -0.05) is 65.7 Å². The lowest BCUT2D eigenvalue weighted by molar-refractivity contribution is 0.269. The maximum Gasteiger partial charge on any atom is 0.180 e. The molecule has 0 saturated heterocycles. The number of halogens is 2. The predicted molar refractivity (Wildman–Crippen MR) is 120 cm³/mol. The summed E-state index contributed by atoms with van der Waals surface area (Å²) in [7, 11) is 0. The lowest BCUT2D eigenvalue weighted by Crippen LogP contribution is -2.18. The zero-order chi connectivity index (χ0) is 20.6. The van der Waals surface area contributed by atoms with E-state index >= 15 is 0 Å². The summed E-state index contributed by atoms with van der Waals surface area (Å²) in [5, 5.41) is 4.76. The molecule has 1 unspecified atom stereocenters. The van der Waals surface area contributed by atoms with E-state index in [1.807, 2.05) is 61.5 Å². The molecule has 152 valence electrons. The maximum absolute atomic E-state index is 6.54. The SMILES string of the molecule is CCOc1cc(CNC(C)c2ccccc2)cc(Cl)c1OCc1ccc(Cl)cc1. The van der Waals surface area contributed by atoms with Gasteiger partial charge in [0.2, 0.25) is 0 Å². The largest absolute Gasteiger partial charge is 0.490 e. The van der Waals surface area contributed by atoms with E-state index in [0.717, 1.165) is 11.1 Å². The first kappa shape index (κ1) is 21.5. The normalized spacial score (nSPS) is 11.9. The fourth-order valence-corrected chi connectivity index (χ4v) is 3.41. The standard InChI is InChI=1S/C24H25Cl2NO2/c1-3-28-23-14-19(15-27-17(2)20-7-5-4-6-8-20)13-22(26)24(23)29-16-18-9-11-21(25)12-10-18/h4-14,17,27H,3,15-16H2,1-2H3. The van der Waals surface area contributed by atoms with Crippen LogP contribution in [0.15, 0.2) is 66.7 Å². The molecular formula is C24H25Cl2NO2. The van der Waals surface area contributed by atoms with Crippen LogP contribution in [0.25, 0.3) is 0 Å². The zero-order valence-electron chi connectivity index (χ0n) is 16.6. The van der Waals surface area contributed by atoms with E-state index in [4.69, 9.17) is 32.7 Å². The molecule has 0 saturated carbocycles. The first-order chi connectivity index (χ1) is 14.1. The van der Waals surface area contributed by atoms with Crippen molar-refractivity contribution in [3.05, 3.63) is 93.5 Å². The Morgan fingerprint density at radius 1 is 0.897 bits per heavy atom. The van der Waals surface area contributed by atoms with Gasteiger partial charge in [-0.3, -0.25) is 0 Å². The van der Waals surface area contributed by atoms with E-state index in [0.29, 0.717) is 41.3 Å². The molecule has 0 aliphatic carbocycles. The Labute approximate surface area is 182 Å². The molecule has 3 rings (SSSR count). The first-order valence-electron chi connectivity index (χ1n) is 9.67. The zero-order valence-corrected chi connectivity index (χ0v) is 18.1. The smallest absolute Gasteiger partial charge is 0.180 e. The summed E-state index contributed by atoms with van der Waals surface area (Å²) in [5.41, 5.74) is 3.29. The second kappa shape index (κ2) is 10.5. The molecule has 0 bridgehead atoms. The first-order valence-corrected chi connectivity index (χ1v) is 10.4. The van der Waals surface area contributed by atoms with Crippen molar-refractivity contribution >= 4 is 23.2 Å². The van der Waals surface area contributed by atoms with E-state index in [2.05, 4.69) is 24.4 Å². The van der Waals surface area contributed by atoms with E-state index < -0.39 is 0 Å². The molecule has 3 aromatic carbocycles. The highest BCUT2D eigenvalue weighted by Crippen LogP contribution is 2.37. The molecule has 29 heavy (non-hydrogen) atoms. The Kier molecular flexibility index (Phi) is 7.82. The molecule has 0 heterocycles.